The second kappa shape index (κ2) is 6.26. The lowest BCUT2D eigenvalue weighted by atomic mass is 10.0. The summed E-state index contributed by atoms with van der Waals surface area (Å²) in [7, 11) is 0. The standard InChI is InChI=1S/C15H24N2O2/c1-3-19-15-5-4-13(16)8-12(15)9-17-7-6-11(2)14(17)10-18/h4-5,8,11,14,18H,3,6-7,9-10,16H2,1-2H3. The van der Waals surface area contributed by atoms with Gasteiger partial charge in [-0.2, -0.15) is 0 Å². The first-order chi connectivity index (χ1) is 9.15. The summed E-state index contributed by atoms with van der Waals surface area (Å²) in [6, 6.07) is 6.02. The van der Waals surface area contributed by atoms with E-state index in [4.69, 9.17) is 10.5 Å². The molecule has 0 radical (unpaired) electrons. The zero-order chi connectivity index (χ0) is 13.8. The van der Waals surface area contributed by atoms with E-state index in [1.807, 2.05) is 25.1 Å². The van der Waals surface area contributed by atoms with Crippen LogP contribution in [0.1, 0.15) is 25.8 Å². The number of benzene rings is 1. The quantitative estimate of drug-likeness (QED) is 0.797. The number of anilines is 1. The molecule has 4 heteroatoms. The number of nitrogens with two attached hydrogens (primary N) is 1. The molecule has 2 rings (SSSR count). The van der Waals surface area contributed by atoms with E-state index in [0.717, 1.165) is 36.5 Å². The molecular formula is C15H24N2O2. The van der Waals surface area contributed by atoms with Crippen molar-refractivity contribution in [2.24, 2.45) is 5.92 Å². The Balaban J connectivity index is 2.15. The van der Waals surface area contributed by atoms with Crippen molar-refractivity contribution in [1.29, 1.82) is 0 Å². The van der Waals surface area contributed by atoms with Gasteiger partial charge < -0.3 is 15.6 Å². The molecule has 0 amide bonds. The predicted molar refractivity (Wildman–Crippen MR) is 77.1 cm³/mol. The Bertz CT molecular complexity index is 423. The predicted octanol–water partition coefficient (Wildman–Crippen LogP) is 1.87. The summed E-state index contributed by atoms with van der Waals surface area (Å²) in [4.78, 5) is 2.32. The first-order valence-corrected chi connectivity index (χ1v) is 7.01. The van der Waals surface area contributed by atoms with Crippen molar-refractivity contribution in [1.82, 2.24) is 4.90 Å². The first-order valence-electron chi connectivity index (χ1n) is 7.01. The fourth-order valence-electron chi connectivity index (χ4n) is 2.82. The van der Waals surface area contributed by atoms with Gasteiger partial charge in [-0.3, -0.25) is 4.90 Å². The number of nitrogen functional groups attached to an aromatic ring is 1. The maximum absolute atomic E-state index is 9.51. The van der Waals surface area contributed by atoms with Gasteiger partial charge >= 0.3 is 0 Å². The molecule has 1 fully saturated rings. The van der Waals surface area contributed by atoms with Crippen LogP contribution in [0.4, 0.5) is 5.69 Å². The number of nitrogens with zero attached hydrogens (tertiary/aromatic N) is 1. The van der Waals surface area contributed by atoms with Crippen LogP contribution < -0.4 is 10.5 Å². The van der Waals surface area contributed by atoms with Gasteiger partial charge in [0, 0.05) is 23.8 Å². The van der Waals surface area contributed by atoms with E-state index in [0.29, 0.717) is 12.5 Å². The summed E-state index contributed by atoms with van der Waals surface area (Å²) in [6.45, 7) is 6.85. The molecule has 1 heterocycles. The summed E-state index contributed by atoms with van der Waals surface area (Å²) in [5.74, 6) is 1.44. The highest BCUT2D eigenvalue weighted by Crippen LogP contribution is 2.29. The molecule has 0 aromatic heterocycles. The normalized spacial score (nSPS) is 23.7. The summed E-state index contributed by atoms with van der Waals surface area (Å²) < 4.78 is 5.65. The molecule has 1 aromatic rings. The Morgan fingerprint density at radius 1 is 1.47 bits per heavy atom. The highest BCUT2D eigenvalue weighted by atomic mass is 16.5. The molecule has 3 N–H and O–H groups in total. The van der Waals surface area contributed by atoms with Crippen molar-refractivity contribution in [3.8, 4) is 5.75 Å². The number of aliphatic hydroxyl groups excluding tert-OH is 1. The lowest BCUT2D eigenvalue weighted by molar-refractivity contribution is 0.133. The largest absolute Gasteiger partial charge is 0.494 e. The van der Waals surface area contributed by atoms with E-state index >= 15 is 0 Å². The Morgan fingerprint density at radius 2 is 2.26 bits per heavy atom. The van der Waals surface area contributed by atoms with E-state index in [1.54, 1.807) is 0 Å². The maximum atomic E-state index is 9.51. The zero-order valence-corrected chi connectivity index (χ0v) is 11.8. The van der Waals surface area contributed by atoms with Crippen molar-refractivity contribution in [3.63, 3.8) is 0 Å². The summed E-state index contributed by atoms with van der Waals surface area (Å²) >= 11 is 0. The lowest BCUT2D eigenvalue weighted by Crippen LogP contribution is -2.34. The molecule has 2 unspecified atom stereocenters. The summed E-state index contributed by atoms with van der Waals surface area (Å²) in [5, 5.41) is 9.51. The number of rotatable bonds is 5. The summed E-state index contributed by atoms with van der Waals surface area (Å²) in [6.07, 6.45) is 1.14. The highest BCUT2D eigenvalue weighted by molar-refractivity contribution is 5.47. The van der Waals surface area contributed by atoms with Crippen molar-refractivity contribution >= 4 is 5.69 Å². The monoisotopic (exact) mass is 264 g/mol. The third-order valence-electron chi connectivity index (χ3n) is 3.94. The molecule has 0 spiro atoms. The zero-order valence-electron chi connectivity index (χ0n) is 11.8. The topological polar surface area (TPSA) is 58.7 Å². The first kappa shape index (κ1) is 14.2. The highest BCUT2D eigenvalue weighted by Gasteiger charge is 2.30. The van der Waals surface area contributed by atoms with E-state index in [2.05, 4.69) is 11.8 Å². The molecule has 0 bridgehead atoms. The van der Waals surface area contributed by atoms with Gasteiger partial charge in [0.05, 0.1) is 13.2 Å². The van der Waals surface area contributed by atoms with Crippen LogP contribution in [0.3, 0.4) is 0 Å². The molecular weight excluding hydrogens is 240 g/mol. The van der Waals surface area contributed by atoms with Gasteiger partial charge in [-0.05, 0) is 44.0 Å². The molecule has 0 saturated carbocycles. The van der Waals surface area contributed by atoms with Crippen LogP contribution in [0.2, 0.25) is 0 Å². The number of likely N-dealkylation sites (tertiary alicyclic amines) is 1. The van der Waals surface area contributed by atoms with E-state index in [-0.39, 0.29) is 12.6 Å². The fourth-order valence-corrected chi connectivity index (χ4v) is 2.82. The van der Waals surface area contributed by atoms with Crippen molar-refractivity contribution in [3.05, 3.63) is 23.8 Å². The number of aliphatic hydroxyl groups is 1. The van der Waals surface area contributed by atoms with Crippen LogP contribution in [0.5, 0.6) is 5.75 Å². The Hall–Kier alpha value is -1.26. The van der Waals surface area contributed by atoms with Gasteiger partial charge in [0.2, 0.25) is 0 Å². The van der Waals surface area contributed by atoms with Crippen molar-refractivity contribution in [2.75, 3.05) is 25.5 Å². The van der Waals surface area contributed by atoms with Crippen LogP contribution >= 0.6 is 0 Å². The minimum atomic E-state index is 0.216. The molecule has 0 aliphatic carbocycles. The molecule has 1 aliphatic heterocycles. The van der Waals surface area contributed by atoms with Gasteiger partial charge in [0.25, 0.3) is 0 Å². The van der Waals surface area contributed by atoms with E-state index < -0.39 is 0 Å². The third kappa shape index (κ3) is 3.19. The molecule has 1 saturated heterocycles. The number of ether oxygens (including phenoxy) is 1. The van der Waals surface area contributed by atoms with Gasteiger partial charge in [0.1, 0.15) is 5.75 Å². The fraction of sp³-hybridized carbons (Fsp3) is 0.600. The van der Waals surface area contributed by atoms with E-state index in [9.17, 15) is 5.11 Å². The van der Waals surface area contributed by atoms with Crippen molar-refractivity contribution in [2.45, 2.75) is 32.9 Å². The van der Waals surface area contributed by atoms with Crippen LogP contribution in [0, 0.1) is 5.92 Å². The number of hydrogen-bond acceptors (Lipinski definition) is 4. The maximum Gasteiger partial charge on any atom is 0.123 e. The molecule has 2 atom stereocenters. The molecule has 4 nitrogen and oxygen atoms in total. The van der Waals surface area contributed by atoms with Crippen molar-refractivity contribution < 1.29 is 9.84 Å². The smallest absolute Gasteiger partial charge is 0.123 e. The van der Waals surface area contributed by atoms with E-state index in [1.165, 1.54) is 0 Å². The second-order valence-electron chi connectivity index (χ2n) is 5.29. The van der Waals surface area contributed by atoms with Crippen LogP contribution in [-0.2, 0) is 6.54 Å². The van der Waals surface area contributed by atoms with Gasteiger partial charge in [0.15, 0.2) is 0 Å². The van der Waals surface area contributed by atoms with Crippen LogP contribution in [-0.4, -0.2) is 35.8 Å². The van der Waals surface area contributed by atoms with Gasteiger partial charge in [-0.1, -0.05) is 6.92 Å². The average molecular weight is 264 g/mol. The third-order valence-corrected chi connectivity index (χ3v) is 3.94. The number of hydrogen-bond donors (Lipinski definition) is 2. The lowest BCUT2D eigenvalue weighted by Gasteiger charge is -2.26. The van der Waals surface area contributed by atoms with Crippen LogP contribution in [0.25, 0.3) is 0 Å². The minimum Gasteiger partial charge on any atom is -0.494 e. The minimum absolute atomic E-state index is 0.216. The van der Waals surface area contributed by atoms with Gasteiger partial charge in [-0.25, -0.2) is 0 Å². The molecule has 1 aliphatic rings. The average Bonchev–Trinajstić information content (AvgIpc) is 2.73. The van der Waals surface area contributed by atoms with Gasteiger partial charge in [-0.15, -0.1) is 0 Å². The Morgan fingerprint density at radius 3 is 2.95 bits per heavy atom. The Labute approximate surface area is 115 Å². The molecule has 106 valence electrons. The SMILES string of the molecule is CCOc1ccc(N)cc1CN1CCC(C)C1CO. The van der Waals surface area contributed by atoms with Crippen LogP contribution in [0.15, 0.2) is 18.2 Å². The Kier molecular flexibility index (Phi) is 4.66. The second-order valence-corrected chi connectivity index (χ2v) is 5.29. The molecule has 19 heavy (non-hydrogen) atoms. The summed E-state index contributed by atoms with van der Waals surface area (Å²) in [5.41, 5.74) is 7.73. The molecule has 1 aromatic carbocycles.